The van der Waals surface area contributed by atoms with Gasteiger partial charge in [0.05, 0.1) is 5.56 Å². The third-order valence-electron chi connectivity index (χ3n) is 1.41. The second kappa shape index (κ2) is 2.81. The lowest BCUT2D eigenvalue weighted by Crippen LogP contribution is -1.96. The number of carbonyl (C=O) groups is 1. The normalized spacial score (nSPS) is 9.83. The van der Waals surface area contributed by atoms with Crippen LogP contribution in [0.25, 0.3) is 0 Å². The Balaban J connectivity index is 3.38. The molecule has 1 aromatic rings. The molecule has 0 saturated carbocycles. The standard InChI is InChI=1S/C8H7FO3/c1-4(10)8-6(9)2-5(11)3-7(8)12/h2-3,11-12H,1H3. The van der Waals surface area contributed by atoms with Gasteiger partial charge in [-0.3, -0.25) is 4.79 Å². The van der Waals surface area contributed by atoms with Gasteiger partial charge in [-0.05, 0) is 6.92 Å². The molecule has 0 bridgehead atoms. The van der Waals surface area contributed by atoms with Gasteiger partial charge in [0.2, 0.25) is 0 Å². The van der Waals surface area contributed by atoms with Gasteiger partial charge in [-0.25, -0.2) is 4.39 Å². The second-order valence-corrected chi connectivity index (χ2v) is 2.38. The molecule has 2 N–H and O–H groups in total. The molecule has 0 radical (unpaired) electrons. The van der Waals surface area contributed by atoms with E-state index in [-0.39, 0.29) is 0 Å². The number of aromatic hydroxyl groups is 2. The van der Waals surface area contributed by atoms with Crippen LogP contribution < -0.4 is 0 Å². The van der Waals surface area contributed by atoms with Crippen molar-refractivity contribution in [2.24, 2.45) is 0 Å². The van der Waals surface area contributed by atoms with E-state index in [1.165, 1.54) is 0 Å². The molecule has 0 atom stereocenters. The van der Waals surface area contributed by atoms with Crippen LogP contribution in [0.15, 0.2) is 12.1 Å². The molecule has 0 aliphatic rings. The summed E-state index contributed by atoms with van der Waals surface area (Å²) in [5, 5.41) is 17.8. The van der Waals surface area contributed by atoms with Crippen LogP contribution >= 0.6 is 0 Å². The van der Waals surface area contributed by atoms with Crippen molar-refractivity contribution >= 4 is 5.78 Å². The Morgan fingerprint density at radius 2 is 2.00 bits per heavy atom. The SMILES string of the molecule is CC(=O)c1c(O)cc(O)cc1F. The lowest BCUT2D eigenvalue weighted by molar-refractivity contribution is 0.101. The van der Waals surface area contributed by atoms with Crippen molar-refractivity contribution in [2.45, 2.75) is 6.92 Å². The van der Waals surface area contributed by atoms with Crippen molar-refractivity contribution < 1.29 is 19.4 Å². The molecule has 4 heteroatoms. The first-order valence-corrected chi connectivity index (χ1v) is 3.25. The van der Waals surface area contributed by atoms with Gasteiger partial charge in [0.25, 0.3) is 0 Å². The minimum absolute atomic E-state index is 0.396. The van der Waals surface area contributed by atoms with E-state index in [0.717, 1.165) is 19.1 Å². The highest BCUT2D eigenvalue weighted by atomic mass is 19.1. The number of Topliss-reactive ketones (excluding diaryl/α,β-unsaturated/α-hetero) is 1. The average molecular weight is 170 g/mol. The van der Waals surface area contributed by atoms with Crippen molar-refractivity contribution in [3.63, 3.8) is 0 Å². The van der Waals surface area contributed by atoms with Crippen molar-refractivity contribution in [2.75, 3.05) is 0 Å². The third kappa shape index (κ3) is 1.37. The molecule has 3 nitrogen and oxygen atoms in total. The van der Waals surface area contributed by atoms with Gasteiger partial charge in [-0.2, -0.15) is 0 Å². The van der Waals surface area contributed by atoms with Crippen LogP contribution in [-0.4, -0.2) is 16.0 Å². The monoisotopic (exact) mass is 170 g/mol. The molecule has 0 spiro atoms. The summed E-state index contributed by atoms with van der Waals surface area (Å²) in [5.74, 6) is -2.44. The lowest BCUT2D eigenvalue weighted by Gasteiger charge is -2.02. The van der Waals surface area contributed by atoms with Gasteiger partial charge in [0.15, 0.2) is 5.78 Å². The number of ketones is 1. The van der Waals surface area contributed by atoms with Gasteiger partial charge >= 0.3 is 0 Å². The molecule has 12 heavy (non-hydrogen) atoms. The zero-order valence-electron chi connectivity index (χ0n) is 6.34. The van der Waals surface area contributed by atoms with Gasteiger partial charge in [-0.15, -0.1) is 0 Å². The highest BCUT2D eigenvalue weighted by molar-refractivity contribution is 5.97. The molecule has 0 aliphatic carbocycles. The molecule has 1 aromatic carbocycles. The number of phenolic OH excluding ortho intramolecular Hbond substituents is 2. The zero-order valence-corrected chi connectivity index (χ0v) is 6.34. The first kappa shape index (κ1) is 8.52. The van der Waals surface area contributed by atoms with Crippen molar-refractivity contribution in [1.29, 1.82) is 0 Å². The van der Waals surface area contributed by atoms with Crippen LogP contribution in [0.1, 0.15) is 17.3 Å². The minimum Gasteiger partial charge on any atom is -0.508 e. The smallest absolute Gasteiger partial charge is 0.166 e. The summed E-state index contributed by atoms with van der Waals surface area (Å²) in [7, 11) is 0. The maximum absolute atomic E-state index is 12.8. The van der Waals surface area contributed by atoms with E-state index in [1.807, 2.05) is 0 Å². The first-order chi connectivity index (χ1) is 5.52. The number of carbonyl (C=O) groups excluding carboxylic acids is 1. The summed E-state index contributed by atoms with van der Waals surface area (Å²) in [6.45, 7) is 1.13. The van der Waals surface area contributed by atoms with E-state index in [2.05, 4.69) is 0 Å². The Bertz CT molecular complexity index is 310. The number of hydrogen-bond acceptors (Lipinski definition) is 3. The summed E-state index contributed by atoms with van der Waals surface area (Å²) in [5.41, 5.74) is -0.396. The molecule has 0 aromatic heterocycles. The van der Waals surface area contributed by atoms with Crippen LogP contribution in [0, 0.1) is 5.82 Å². The van der Waals surface area contributed by atoms with Gasteiger partial charge in [-0.1, -0.05) is 0 Å². The summed E-state index contributed by atoms with van der Waals surface area (Å²) in [4.78, 5) is 10.7. The van der Waals surface area contributed by atoms with Gasteiger partial charge < -0.3 is 10.2 Å². The van der Waals surface area contributed by atoms with Crippen LogP contribution in [-0.2, 0) is 0 Å². The van der Waals surface area contributed by atoms with E-state index in [0.29, 0.717) is 0 Å². The maximum Gasteiger partial charge on any atom is 0.166 e. The van der Waals surface area contributed by atoms with Crippen molar-refractivity contribution in [1.82, 2.24) is 0 Å². The summed E-state index contributed by atoms with van der Waals surface area (Å²) < 4.78 is 12.8. The fourth-order valence-corrected chi connectivity index (χ4v) is 0.927. The number of hydrogen-bond donors (Lipinski definition) is 2. The Hall–Kier alpha value is -1.58. The minimum atomic E-state index is -0.917. The van der Waals surface area contributed by atoms with E-state index in [4.69, 9.17) is 10.2 Å². The van der Waals surface area contributed by atoms with E-state index in [9.17, 15) is 9.18 Å². The highest BCUT2D eigenvalue weighted by Gasteiger charge is 2.13. The summed E-state index contributed by atoms with van der Waals surface area (Å²) >= 11 is 0. The quantitative estimate of drug-likeness (QED) is 0.627. The largest absolute Gasteiger partial charge is 0.508 e. The van der Waals surface area contributed by atoms with Crippen LogP contribution in [0.5, 0.6) is 11.5 Å². The van der Waals surface area contributed by atoms with E-state index < -0.39 is 28.7 Å². The van der Waals surface area contributed by atoms with Crippen LogP contribution in [0.3, 0.4) is 0 Å². The Labute approximate surface area is 68.1 Å². The molecule has 0 unspecified atom stereocenters. The van der Waals surface area contributed by atoms with Gasteiger partial charge in [0, 0.05) is 12.1 Å². The van der Waals surface area contributed by atoms with E-state index >= 15 is 0 Å². The van der Waals surface area contributed by atoms with Gasteiger partial charge in [0.1, 0.15) is 17.3 Å². The molecule has 0 amide bonds. The second-order valence-electron chi connectivity index (χ2n) is 2.38. The molecule has 1 rings (SSSR count). The first-order valence-electron chi connectivity index (χ1n) is 3.25. The lowest BCUT2D eigenvalue weighted by atomic mass is 10.1. The Kier molecular flexibility index (Phi) is 1.99. The zero-order chi connectivity index (χ0) is 9.30. The molecule has 64 valence electrons. The Morgan fingerprint density at radius 3 is 2.42 bits per heavy atom. The Morgan fingerprint density at radius 1 is 1.42 bits per heavy atom. The highest BCUT2D eigenvalue weighted by Crippen LogP contribution is 2.26. The summed E-state index contributed by atoms with van der Waals surface area (Å²) in [6, 6.07) is 1.69. The fraction of sp³-hybridized carbons (Fsp3) is 0.125. The molecule has 0 fully saturated rings. The number of rotatable bonds is 1. The predicted molar refractivity (Wildman–Crippen MR) is 39.7 cm³/mol. The predicted octanol–water partition coefficient (Wildman–Crippen LogP) is 1.44. The van der Waals surface area contributed by atoms with E-state index in [1.54, 1.807) is 0 Å². The molecular formula is C8H7FO3. The number of benzene rings is 1. The topological polar surface area (TPSA) is 57.5 Å². The van der Waals surface area contributed by atoms with Crippen molar-refractivity contribution in [3.8, 4) is 11.5 Å². The maximum atomic E-state index is 12.8. The van der Waals surface area contributed by atoms with Crippen LogP contribution in [0.2, 0.25) is 0 Å². The third-order valence-corrected chi connectivity index (χ3v) is 1.41. The molecule has 0 aliphatic heterocycles. The average Bonchev–Trinajstić information content (AvgIpc) is 1.82. The fourth-order valence-electron chi connectivity index (χ4n) is 0.927. The molecule has 0 saturated heterocycles. The van der Waals surface area contributed by atoms with Crippen molar-refractivity contribution in [3.05, 3.63) is 23.5 Å². The summed E-state index contributed by atoms with van der Waals surface area (Å²) in [6.07, 6.45) is 0. The number of halogens is 1. The van der Waals surface area contributed by atoms with Crippen LogP contribution in [0.4, 0.5) is 4.39 Å². The molecular weight excluding hydrogens is 163 g/mol. The molecule has 0 heterocycles. The number of phenols is 2.